The number of carbonyl (C=O) groups excluding carboxylic acids is 1. The summed E-state index contributed by atoms with van der Waals surface area (Å²) in [5.41, 5.74) is 0.166. The second-order valence-corrected chi connectivity index (χ2v) is 8.35. The second-order valence-electron chi connectivity index (χ2n) is 6.86. The highest BCUT2D eigenvalue weighted by molar-refractivity contribution is 7.15. The van der Waals surface area contributed by atoms with Gasteiger partial charge in [-0.2, -0.15) is 13.2 Å². The summed E-state index contributed by atoms with van der Waals surface area (Å²) < 4.78 is 50.3. The van der Waals surface area contributed by atoms with Crippen LogP contribution < -0.4 is 14.8 Å². The average molecular weight is 469 g/mol. The Kier molecular flexibility index (Phi) is 5.81. The second kappa shape index (κ2) is 8.39. The number of ether oxygens (including phenoxy) is 2. The van der Waals surface area contributed by atoms with E-state index in [0.717, 1.165) is 12.1 Å². The standard InChI is InChI=1S/C21H16ClF3N2O3S/c1-11-18(9-12-8-13(21(23,24)25)6-7-14(12)22)31-20(26-11)27-19(28)17-10-29-15-4-2-3-5-16(15)30-17/h2-8,17H,9-10H2,1H3,(H,26,27,28). The Labute approximate surface area is 184 Å². The van der Waals surface area contributed by atoms with Crippen LogP contribution in [-0.4, -0.2) is 23.6 Å². The Morgan fingerprint density at radius 1 is 1.26 bits per heavy atom. The van der Waals surface area contributed by atoms with Crippen molar-refractivity contribution in [1.82, 2.24) is 4.98 Å². The summed E-state index contributed by atoms with van der Waals surface area (Å²) >= 11 is 7.27. The van der Waals surface area contributed by atoms with Crippen LogP contribution in [0.1, 0.15) is 21.7 Å². The first-order chi connectivity index (χ1) is 14.7. The van der Waals surface area contributed by atoms with Crippen molar-refractivity contribution in [2.24, 2.45) is 0 Å². The predicted octanol–water partition coefficient (Wildman–Crippen LogP) is 5.49. The Balaban J connectivity index is 1.47. The summed E-state index contributed by atoms with van der Waals surface area (Å²) in [5, 5.41) is 3.25. The maximum absolute atomic E-state index is 13.0. The lowest BCUT2D eigenvalue weighted by Gasteiger charge is -2.25. The van der Waals surface area contributed by atoms with Crippen LogP contribution in [0.4, 0.5) is 18.3 Å². The van der Waals surface area contributed by atoms with Crippen molar-refractivity contribution in [2.45, 2.75) is 25.6 Å². The molecule has 0 saturated carbocycles. The molecule has 0 saturated heterocycles. The molecular formula is C21H16ClF3N2O3S. The zero-order valence-corrected chi connectivity index (χ0v) is 17.7. The van der Waals surface area contributed by atoms with Gasteiger partial charge in [-0.3, -0.25) is 10.1 Å². The number of aryl methyl sites for hydroxylation is 1. The largest absolute Gasteiger partial charge is 0.485 e. The molecule has 162 valence electrons. The van der Waals surface area contributed by atoms with E-state index in [-0.39, 0.29) is 18.1 Å². The summed E-state index contributed by atoms with van der Waals surface area (Å²) in [5.74, 6) is 0.618. The monoisotopic (exact) mass is 468 g/mol. The number of aromatic nitrogens is 1. The van der Waals surface area contributed by atoms with Crippen molar-refractivity contribution in [2.75, 3.05) is 11.9 Å². The number of nitrogens with one attached hydrogen (secondary N) is 1. The lowest BCUT2D eigenvalue weighted by molar-refractivity contribution is -0.137. The van der Waals surface area contributed by atoms with Crippen LogP contribution in [-0.2, 0) is 17.4 Å². The molecule has 1 atom stereocenters. The first kappa shape index (κ1) is 21.5. The maximum atomic E-state index is 13.0. The molecule has 5 nitrogen and oxygen atoms in total. The predicted molar refractivity (Wildman–Crippen MR) is 111 cm³/mol. The fraction of sp³-hybridized carbons (Fsp3) is 0.238. The van der Waals surface area contributed by atoms with Gasteiger partial charge in [-0.25, -0.2) is 4.98 Å². The molecule has 0 bridgehead atoms. The van der Waals surface area contributed by atoms with Crippen molar-refractivity contribution in [3.63, 3.8) is 0 Å². The molecule has 3 aromatic rings. The highest BCUT2D eigenvalue weighted by atomic mass is 35.5. The number of hydrogen-bond acceptors (Lipinski definition) is 5. The van der Waals surface area contributed by atoms with Gasteiger partial charge in [0.2, 0.25) is 6.10 Å². The van der Waals surface area contributed by atoms with E-state index in [1.54, 1.807) is 31.2 Å². The molecule has 2 heterocycles. The third-order valence-corrected chi connectivity index (χ3v) is 6.09. The van der Waals surface area contributed by atoms with Gasteiger partial charge >= 0.3 is 6.18 Å². The van der Waals surface area contributed by atoms with Crippen LogP contribution in [0.5, 0.6) is 11.5 Å². The van der Waals surface area contributed by atoms with Crippen LogP contribution in [0.25, 0.3) is 0 Å². The summed E-state index contributed by atoms with van der Waals surface area (Å²) in [6.07, 6.45) is -5.14. The zero-order valence-electron chi connectivity index (χ0n) is 16.1. The highest BCUT2D eigenvalue weighted by Gasteiger charge is 2.31. The van der Waals surface area contributed by atoms with Gasteiger partial charge in [0, 0.05) is 16.3 Å². The van der Waals surface area contributed by atoms with Gasteiger partial charge in [0.25, 0.3) is 5.91 Å². The number of fused-ring (bicyclic) bond motifs is 1. The van der Waals surface area contributed by atoms with Gasteiger partial charge in [0.1, 0.15) is 6.61 Å². The fourth-order valence-corrected chi connectivity index (χ4v) is 4.21. The minimum atomic E-state index is -4.46. The number of amides is 1. The van der Waals surface area contributed by atoms with Gasteiger partial charge in [-0.15, -0.1) is 11.3 Å². The quantitative estimate of drug-likeness (QED) is 0.550. The zero-order chi connectivity index (χ0) is 22.2. The van der Waals surface area contributed by atoms with E-state index in [9.17, 15) is 18.0 Å². The highest BCUT2D eigenvalue weighted by Crippen LogP contribution is 2.35. The third kappa shape index (κ3) is 4.77. The van der Waals surface area contributed by atoms with Crippen LogP contribution >= 0.6 is 22.9 Å². The number of halogens is 4. The van der Waals surface area contributed by atoms with E-state index >= 15 is 0 Å². The molecular weight excluding hydrogens is 453 g/mol. The number of anilines is 1. The number of nitrogens with zero attached hydrogens (tertiary/aromatic N) is 1. The van der Waals surface area contributed by atoms with E-state index < -0.39 is 23.8 Å². The van der Waals surface area contributed by atoms with Gasteiger partial charge in [0.15, 0.2) is 16.6 Å². The van der Waals surface area contributed by atoms with Crippen molar-refractivity contribution < 1.29 is 27.4 Å². The summed E-state index contributed by atoms with van der Waals surface area (Å²) in [7, 11) is 0. The number of alkyl halides is 3. The lowest BCUT2D eigenvalue weighted by Crippen LogP contribution is -2.40. The van der Waals surface area contributed by atoms with E-state index in [1.165, 1.54) is 17.4 Å². The number of carbonyl (C=O) groups is 1. The molecule has 0 fully saturated rings. The molecule has 1 aliphatic heterocycles. The molecule has 4 rings (SSSR count). The molecule has 2 aromatic carbocycles. The minimum Gasteiger partial charge on any atom is -0.485 e. The Bertz CT molecular complexity index is 1130. The molecule has 1 aliphatic rings. The molecule has 0 radical (unpaired) electrons. The van der Waals surface area contributed by atoms with Crippen molar-refractivity contribution in [3.05, 3.63) is 69.2 Å². The first-order valence-electron chi connectivity index (χ1n) is 9.22. The van der Waals surface area contributed by atoms with Crippen molar-refractivity contribution in [1.29, 1.82) is 0 Å². The number of thiazole rings is 1. The molecule has 10 heteroatoms. The number of hydrogen-bond donors (Lipinski definition) is 1. The van der Waals surface area contributed by atoms with Crippen LogP contribution in [0.15, 0.2) is 42.5 Å². The van der Waals surface area contributed by atoms with E-state index in [0.29, 0.717) is 32.8 Å². The summed E-state index contributed by atoms with van der Waals surface area (Å²) in [4.78, 5) is 17.6. The van der Waals surface area contributed by atoms with Gasteiger partial charge in [-0.05, 0) is 42.8 Å². The fourth-order valence-electron chi connectivity index (χ4n) is 3.04. The molecule has 1 amide bonds. The van der Waals surface area contributed by atoms with Crippen LogP contribution in [0, 0.1) is 6.92 Å². The maximum Gasteiger partial charge on any atom is 0.416 e. The molecule has 1 N–H and O–H groups in total. The average Bonchev–Trinajstić information content (AvgIpc) is 3.07. The third-order valence-electron chi connectivity index (χ3n) is 4.65. The van der Waals surface area contributed by atoms with E-state index in [1.807, 2.05) is 0 Å². The lowest BCUT2D eigenvalue weighted by atomic mass is 10.1. The Morgan fingerprint density at radius 3 is 2.74 bits per heavy atom. The SMILES string of the molecule is Cc1nc(NC(=O)C2COc3ccccc3O2)sc1Cc1cc(C(F)(F)F)ccc1Cl. The van der Waals surface area contributed by atoms with E-state index in [2.05, 4.69) is 10.3 Å². The van der Waals surface area contributed by atoms with Crippen molar-refractivity contribution in [3.8, 4) is 11.5 Å². The van der Waals surface area contributed by atoms with Crippen molar-refractivity contribution >= 4 is 34.0 Å². The summed E-state index contributed by atoms with van der Waals surface area (Å²) in [6.45, 7) is 1.78. The van der Waals surface area contributed by atoms with Gasteiger partial charge in [0.05, 0.1) is 11.3 Å². The van der Waals surface area contributed by atoms with Crippen LogP contribution in [0.2, 0.25) is 5.02 Å². The van der Waals surface area contributed by atoms with Gasteiger partial charge in [-0.1, -0.05) is 23.7 Å². The van der Waals surface area contributed by atoms with Gasteiger partial charge < -0.3 is 9.47 Å². The smallest absolute Gasteiger partial charge is 0.416 e. The topological polar surface area (TPSA) is 60.5 Å². The molecule has 0 aliphatic carbocycles. The van der Waals surface area contributed by atoms with Crippen LogP contribution in [0.3, 0.4) is 0 Å². The first-order valence-corrected chi connectivity index (χ1v) is 10.4. The molecule has 0 spiro atoms. The molecule has 31 heavy (non-hydrogen) atoms. The Morgan fingerprint density at radius 2 is 2.00 bits per heavy atom. The number of benzene rings is 2. The Hall–Kier alpha value is -2.78. The minimum absolute atomic E-state index is 0.0555. The normalized spacial score (nSPS) is 15.6. The molecule has 1 unspecified atom stereocenters. The number of para-hydroxylation sites is 2. The van der Waals surface area contributed by atoms with E-state index in [4.69, 9.17) is 21.1 Å². The summed E-state index contributed by atoms with van der Waals surface area (Å²) in [6, 6.07) is 10.2. The molecule has 1 aromatic heterocycles. The number of rotatable bonds is 4.